The molecule has 1 saturated carbocycles. The van der Waals surface area contributed by atoms with E-state index < -0.39 is 0 Å². The largest absolute Gasteiger partial charge is 0.326 e. The summed E-state index contributed by atoms with van der Waals surface area (Å²) in [6.45, 7) is 0. The number of nitrogens with one attached hydrogen (secondary N) is 2. The van der Waals surface area contributed by atoms with Crippen LogP contribution in [0.2, 0.25) is 0 Å². The Morgan fingerprint density at radius 3 is 2.80 bits per heavy atom. The molecule has 1 atom stereocenters. The average Bonchev–Trinajstić information content (AvgIpc) is 3.16. The second kappa shape index (κ2) is 5.66. The van der Waals surface area contributed by atoms with Crippen molar-refractivity contribution in [2.75, 3.05) is 5.32 Å². The number of anilines is 1. The van der Waals surface area contributed by atoms with Crippen molar-refractivity contribution in [3.63, 3.8) is 0 Å². The van der Waals surface area contributed by atoms with Gasteiger partial charge in [-0.3, -0.25) is 14.6 Å². The summed E-state index contributed by atoms with van der Waals surface area (Å²) >= 11 is 1.35. The number of amides is 2. The maximum atomic E-state index is 11.9. The molecule has 1 aromatic carbocycles. The van der Waals surface area contributed by atoms with Crippen LogP contribution < -0.4 is 10.6 Å². The summed E-state index contributed by atoms with van der Waals surface area (Å²) in [4.78, 5) is 28.1. The maximum absolute atomic E-state index is 11.9. The van der Waals surface area contributed by atoms with Crippen molar-refractivity contribution in [1.29, 1.82) is 0 Å². The zero-order chi connectivity index (χ0) is 13.9. The Morgan fingerprint density at radius 1 is 1.35 bits per heavy atom. The molecule has 1 heterocycles. The molecule has 0 unspecified atom stereocenters. The first-order valence-corrected chi connectivity index (χ1v) is 7.49. The molecule has 104 valence electrons. The van der Waals surface area contributed by atoms with Crippen molar-refractivity contribution in [3.05, 3.63) is 30.3 Å². The molecule has 0 aromatic heterocycles. The molecular formula is C14H15N3O2S. The zero-order valence-electron chi connectivity index (χ0n) is 10.8. The van der Waals surface area contributed by atoms with Gasteiger partial charge in [0.15, 0.2) is 5.17 Å². The van der Waals surface area contributed by atoms with Crippen LogP contribution in [0.15, 0.2) is 35.3 Å². The van der Waals surface area contributed by atoms with Gasteiger partial charge in [0.25, 0.3) is 0 Å². The molecule has 1 aliphatic carbocycles. The van der Waals surface area contributed by atoms with Gasteiger partial charge in [0.1, 0.15) is 5.25 Å². The van der Waals surface area contributed by atoms with Gasteiger partial charge in [-0.25, -0.2) is 0 Å². The topological polar surface area (TPSA) is 70.6 Å². The molecule has 20 heavy (non-hydrogen) atoms. The summed E-state index contributed by atoms with van der Waals surface area (Å²) in [6.07, 6.45) is 2.35. The second-order valence-corrected chi connectivity index (χ2v) is 6.07. The fourth-order valence-electron chi connectivity index (χ4n) is 1.87. The highest BCUT2D eigenvalue weighted by Gasteiger charge is 2.33. The van der Waals surface area contributed by atoms with Crippen molar-refractivity contribution in [2.45, 2.75) is 30.6 Å². The fraction of sp³-hybridized carbons (Fsp3) is 0.357. The number of carbonyl (C=O) groups excluding carboxylic acids is 2. The predicted molar refractivity (Wildman–Crippen MR) is 79.7 cm³/mol. The third-order valence-corrected chi connectivity index (χ3v) is 4.15. The molecule has 1 aliphatic heterocycles. The number of thioether (sulfide) groups is 1. The van der Waals surface area contributed by atoms with Crippen LogP contribution in [-0.4, -0.2) is 28.3 Å². The Bertz CT molecular complexity index is 555. The third kappa shape index (κ3) is 3.39. The van der Waals surface area contributed by atoms with Gasteiger partial charge < -0.3 is 10.6 Å². The van der Waals surface area contributed by atoms with Gasteiger partial charge in [-0.05, 0) is 25.0 Å². The average molecular weight is 289 g/mol. The fourth-order valence-corrected chi connectivity index (χ4v) is 2.91. The maximum Gasteiger partial charge on any atom is 0.240 e. The molecule has 1 aromatic rings. The van der Waals surface area contributed by atoms with E-state index in [4.69, 9.17) is 0 Å². The normalized spacial score (nSPS) is 23.7. The second-order valence-electron chi connectivity index (χ2n) is 4.88. The molecular weight excluding hydrogens is 274 g/mol. The Hall–Kier alpha value is -1.82. The Morgan fingerprint density at radius 2 is 2.10 bits per heavy atom. The van der Waals surface area contributed by atoms with Crippen molar-refractivity contribution >= 4 is 34.4 Å². The SMILES string of the molecule is O=C(C[C@H]1SC(=NC2CC2)NC1=O)Nc1ccccc1. The Balaban J connectivity index is 1.55. The number of aliphatic imine (C=N–C) groups is 1. The smallest absolute Gasteiger partial charge is 0.240 e. The van der Waals surface area contributed by atoms with E-state index in [9.17, 15) is 9.59 Å². The van der Waals surface area contributed by atoms with E-state index in [-0.39, 0.29) is 23.5 Å². The summed E-state index contributed by atoms with van der Waals surface area (Å²) in [6, 6.07) is 9.60. The minimum absolute atomic E-state index is 0.127. The lowest BCUT2D eigenvalue weighted by molar-refractivity contribution is -0.122. The van der Waals surface area contributed by atoms with E-state index in [1.807, 2.05) is 30.3 Å². The number of benzene rings is 1. The van der Waals surface area contributed by atoms with Crippen molar-refractivity contribution in [2.24, 2.45) is 4.99 Å². The highest BCUT2D eigenvalue weighted by Crippen LogP contribution is 2.29. The molecule has 0 spiro atoms. The van der Waals surface area contributed by atoms with Gasteiger partial charge in [0.05, 0.1) is 6.04 Å². The molecule has 2 aliphatic rings. The number of nitrogens with zero attached hydrogens (tertiary/aromatic N) is 1. The van der Waals surface area contributed by atoms with Gasteiger partial charge in [0, 0.05) is 12.1 Å². The highest BCUT2D eigenvalue weighted by molar-refractivity contribution is 8.15. The Kier molecular flexibility index (Phi) is 3.73. The van der Waals surface area contributed by atoms with Crippen LogP contribution in [0, 0.1) is 0 Å². The summed E-state index contributed by atoms with van der Waals surface area (Å²) in [5, 5.41) is 5.81. The number of para-hydroxylation sites is 1. The van der Waals surface area contributed by atoms with Gasteiger partial charge in [0.2, 0.25) is 11.8 Å². The van der Waals surface area contributed by atoms with Crippen LogP contribution in [0.4, 0.5) is 5.69 Å². The van der Waals surface area contributed by atoms with Crippen molar-refractivity contribution in [1.82, 2.24) is 5.32 Å². The van der Waals surface area contributed by atoms with Gasteiger partial charge >= 0.3 is 0 Å². The lowest BCUT2D eigenvalue weighted by Gasteiger charge is -2.06. The summed E-state index contributed by atoms with van der Waals surface area (Å²) in [5.41, 5.74) is 0.743. The molecule has 5 nitrogen and oxygen atoms in total. The first-order valence-electron chi connectivity index (χ1n) is 6.61. The Labute approximate surface area is 121 Å². The number of carbonyl (C=O) groups is 2. The lowest BCUT2D eigenvalue weighted by Crippen LogP contribution is -2.28. The van der Waals surface area contributed by atoms with E-state index >= 15 is 0 Å². The van der Waals surface area contributed by atoms with Crippen LogP contribution in [0.5, 0.6) is 0 Å². The lowest BCUT2D eigenvalue weighted by atomic mass is 10.2. The summed E-state index contributed by atoms with van der Waals surface area (Å²) < 4.78 is 0. The van der Waals surface area contributed by atoms with Crippen LogP contribution in [0.25, 0.3) is 0 Å². The van der Waals surface area contributed by atoms with E-state index in [1.165, 1.54) is 11.8 Å². The van der Waals surface area contributed by atoms with Crippen molar-refractivity contribution in [3.8, 4) is 0 Å². The summed E-state index contributed by atoms with van der Waals surface area (Å²) in [7, 11) is 0. The van der Waals surface area contributed by atoms with Crippen LogP contribution in [0.3, 0.4) is 0 Å². The molecule has 1 saturated heterocycles. The van der Waals surface area contributed by atoms with Crippen molar-refractivity contribution < 1.29 is 9.59 Å². The monoisotopic (exact) mass is 289 g/mol. The first-order chi connectivity index (χ1) is 9.70. The number of hydrogen-bond donors (Lipinski definition) is 2. The molecule has 2 N–H and O–H groups in total. The molecule has 0 radical (unpaired) electrons. The number of amidine groups is 1. The van der Waals surface area contributed by atoms with Crippen LogP contribution in [0.1, 0.15) is 19.3 Å². The van der Waals surface area contributed by atoms with E-state index in [2.05, 4.69) is 15.6 Å². The summed E-state index contributed by atoms with van der Waals surface area (Å²) in [5.74, 6) is -0.283. The third-order valence-electron chi connectivity index (χ3n) is 3.05. The van der Waals surface area contributed by atoms with Gasteiger partial charge in [-0.2, -0.15) is 0 Å². The molecule has 6 heteroatoms. The van der Waals surface area contributed by atoms with Crippen LogP contribution >= 0.6 is 11.8 Å². The highest BCUT2D eigenvalue weighted by atomic mass is 32.2. The molecule has 2 amide bonds. The quantitative estimate of drug-likeness (QED) is 0.887. The standard InChI is InChI=1S/C14H15N3O2S/c18-12(15-9-4-2-1-3-5-9)8-11-13(19)17-14(20-11)16-10-6-7-10/h1-5,10-11H,6-8H2,(H,15,18)(H,16,17,19)/t11-/m1/s1. The zero-order valence-corrected chi connectivity index (χ0v) is 11.7. The minimum atomic E-state index is -0.379. The van der Waals surface area contributed by atoms with E-state index in [0.717, 1.165) is 18.5 Å². The van der Waals surface area contributed by atoms with Gasteiger partial charge in [-0.15, -0.1) is 0 Å². The van der Waals surface area contributed by atoms with Crippen LogP contribution in [-0.2, 0) is 9.59 Å². The number of hydrogen-bond acceptors (Lipinski definition) is 4. The predicted octanol–water partition coefficient (Wildman–Crippen LogP) is 1.77. The molecule has 3 rings (SSSR count). The van der Waals surface area contributed by atoms with Gasteiger partial charge in [-0.1, -0.05) is 30.0 Å². The molecule has 2 fully saturated rings. The van der Waals surface area contributed by atoms with E-state index in [1.54, 1.807) is 0 Å². The molecule has 0 bridgehead atoms. The minimum Gasteiger partial charge on any atom is -0.326 e. The first kappa shape index (κ1) is 13.2. The number of rotatable bonds is 4. The van der Waals surface area contributed by atoms with E-state index in [0.29, 0.717) is 11.2 Å².